The number of furan rings is 1. The summed E-state index contributed by atoms with van der Waals surface area (Å²) in [7, 11) is 0. The van der Waals surface area contributed by atoms with Gasteiger partial charge >= 0.3 is 0 Å². The third-order valence-corrected chi connectivity index (χ3v) is 14.6. The molecule has 4 heterocycles. The average molecular weight is 883 g/mol. The molecule has 5 nitrogen and oxygen atoms in total. The van der Waals surface area contributed by atoms with Crippen LogP contribution in [0.1, 0.15) is 36.1 Å². The lowest BCUT2D eigenvalue weighted by molar-refractivity contribution is 0.670. The summed E-state index contributed by atoms with van der Waals surface area (Å²) in [6.07, 6.45) is 4.47. The number of hydrogen-bond donors (Lipinski definition) is 0. The van der Waals surface area contributed by atoms with Crippen LogP contribution in [-0.2, 0) is 5.41 Å². The summed E-state index contributed by atoms with van der Waals surface area (Å²) in [4.78, 5) is 15.5. The Morgan fingerprint density at radius 3 is 1.88 bits per heavy atom. The molecule has 0 fully saturated rings. The van der Waals surface area contributed by atoms with Gasteiger partial charge in [-0.05, 0) is 94.3 Å². The number of fused-ring (bicyclic) bond motifs is 12. The van der Waals surface area contributed by atoms with E-state index >= 15 is 0 Å². The van der Waals surface area contributed by atoms with Gasteiger partial charge in [0.15, 0.2) is 17.5 Å². The summed E-state index contributed by atoms with van der Waals surface area (Å²) in [5.41, 5.74) is 19.8. The van der Waals surface area contributed by atoms with Crippen molar-refractivity contribution in [2.75, 3.05) is 0 Å². The van der Waals surface area contributed by atoms with Gasteiger partial charge in [0.05, 0.1) is 22.1 Å². The molecule has 0 amide bonds. The molecular weight excluding hydrogens is 841 g/mol. The van der Waals surface area contributed by atoms with E-state index in [-0.39, 0.29) is 0 Å². The second-order valence-corrected chi connectivity index (χ2v) is 18.2. The maximum Gasteiger partial charge on any atom is 0.164 e. The molecule has 14 rings (SSSR count). The van der Waals surface area contributed by atoms with Gasteiger partial charge in [-0.1, -0.05) is 188 Å². The predicted octanol–water partition coefficient (Wildman–Crippen LogP) is 16.2. The number of benzene rings is 9. The van der Waals surface area contributed by atoms with E-state index < -0.39 is 5.41 Å². The van der Waals surface area contributed by atoms with Crippen LogP contribution < -0.4 is 0 Å². The van der Waals surface area contributed by atoms with Crippen molar-refractivity contribution >= 4 is 49.3 Å². The molecule has 0 bridgehead atoms. The molecule has 12 aromatic rings. The molecule has 1 aliphatic heterocycles. The fraction of sp³-hybridized carbons (Fsp3) is 0.0469. The number of rotatable bonds is 6. The number of hydrogen-bond acceptors (Lipinski definition) is 4. The number of aromatic nitrogens is 4. The summed E-state index contributed by atoms with van der Waals surface area (Å²) < 4.78 is 8.90. The Morgan fingerprint density at radius 2 is 1.04 bits per heavy atom. The van der Waals surface area contributed by atoms with Crippen LogP contribution >= 0.6 is 0 Å². The topological polar surface area (TPSA) is 56.7 Å². The minimum atomic E-state index is -0.514. The van der Waals surface area contributed by atoms with Crippen LogP contribution in [0.4, 0.5) is 0 Å². The molecule has 324 valence electrons. The van der Waals surface area contributed by atoms with E-state index in [2.05, 4.69) is 206 Å². The molecule has 9 aromatic carbocycles. The third-order valence-electron chi connectivity index (χ3n) is 14.6. The van der Waals surface area contributed by atoms with Crippen LogP contribution in [0.3, 0.4) is 0 Å². The molecule has 1 spiro atoms. The molecule has 5 heteroatoms. The maximum atomic E-state index is 6.40. The van der Waals surface area contributed by atoms with E-state index in [0.29, 0.717) is 17.5 Å². The van der Waals surface area contributed by atoms with Crippen molar-refractivity contribution in [1.29, 1.82) is 0 Å². The van der Waals surface area contributed by atoms with E-state index in [1.54, 1.807) is 0 Å². The summed E-state index contributed by atoms with van der Waals surface area (Å²) >= 11 is 0. The second-order valence-electron chi connectivity index (χ2n) is 18.2. The normalized spacial score (nSPS) is 15.0. The predicted molar refractivity (Wildman–Crippen MR) is 282 cm³/mol. The second kappa shape index (κ2) is 15.0. The highest BCUT2D eigenvalue weighted by Crippen LogP contribution is 2.60. The molecule has 0 N–H and O–H groups in total. The molecule has 1 atom stereocenters. The SMILES string of the molecule is C/C=C\C1=C(C)C2(c3cc(-c4cccc(-c5nc(-c6ccccc6)nc(-c6ccc(-c7cccc8c7oc7ccccc78)cc6)n5)c4)ccc31)c1ccccc1-n1c3ccccc3c3cccc2c31. The van der Waals surface area contributed by atoms with Crippen molar-refractivity contribution in [2.45, 2.75) is 19.3 Å². The molecule has 69 heavy (non-hydrogen) atoms. The van der Waals surface area contributed by atoms with Gasteiger partial charge in [-0.2, -0.15) is 0 Å². The Labute approximate surface area is 399 Å². The van der Waals surface area contributed by atoms with Crippen molar-refractivity contribution in [1.82, 2.24) is 19.5 Å². The third kappa shape index (κ3) is 5.68. The summed E-state index contributed by atoms with van der Waals surface area (Å²) in [6, 6.07) is 73.7. The standard InChI is InChI=1S/C64H42N4O/c1-3-16-46-39(2)64(53-26-9-11-29-57(53)68-56-28-10-7-21-49(56)51-24-15-27-54(64)59(51)68)55-38-44(35-36-48(46)55)43-19-13-20-45(37-43)63-66-61(41-17-5-4-6-18-41)65-62(67-63)42-33-31-40(32-34-42)47-23-14-25-52-50-22-8-12-30-58(50)69-60(47)52/h3-38H,1-2H3/b16-3-. The Morgan fingerprint density at radius 1 is 0.449 bits per heavy atom. The highest BCUT2D eigenvalue weighted by molar-refractivity contribution is 6.13. The lowest BCUT2D eigenvalue weighted by Crippen LogP contribution is -2.33. The first-order chi connectivity index (χ1) is 34.1. The number of allylic oxidation sites excluding steroid dienone is 4. The van der Waals surface area contributed by atoms with Gasteiger partial charge in [0.25, 0.3) is 0 Å². The first-order valence-electron chi connectivity index (χ1n) is 23.6. The van der Waals surface area contributed by atoms with Crippen molar-refractivity contribution in [3.05, 3.63) is 246 Å². The van der Waals surface area contributed by atoms with Crippen LogP contribution in [0.15, 0.2) is 228 Å². The monoisotopic (exact) mass is 882 g/mol. The van der Waals surface area contributed by atoms with Gasteiger partial charge in [0.1, 0.15) is 11.2 Å². The zero-order valence-corrected chi connectivity index (χ0v) is 38.0. The summed E-state index contributed by atoms with van der Waals surface area (Å²) in [6.45, 7) is 4.47. The van der Waals surface area contributed by atoms with Crippen LogP contribution in [0, 0.1) is 0 Å². The maximum absolute atomic E-state index is 6.40. The van der Waals surface area contributed by atoms with Crippen molar-refractivity contribution in [3.8, 4) is 62.1 Å². The highest BCUT2D eigenvalue weighted by Gasteiger charge is 2.50. The number of nitrogens with zero attached hydrogens (tertiary/aromatic N) is 4. The summed E-state index contributed by atoms with van der Waals surface area (Å²) in [5, 5.41) is 4.77. The van der Waals surface area contributed by atoms with Crippen molar-refractivity contribution in [3.63, 3.8) is 0 Å². The van der Waals surface area contributed by atoms with Gasteiger partial charge in [-0.25, -0.2) is 15.0 Å². The van der Waals surface area contributed by atoms with Gasteiger partial charge < -0.3 is 8.98 Å². The quantitative estimate of drug-likeness (QED) is 0.167. The Bertz CT molecular complexity index is 4150. The smallest absolute Gasteiger partial charge is 0.164 e. The van der Waals surface area contributed by atoms with Crippen LogP contribution in [0.25, 0.3) is 111 Å². The van der Waals surface area contributed by atoms with E-state index in [1.165, 1.54) is 60.9 Å². The minimum Gasteiger partial charge on any atom is -0.455 e. The average Bonchev–Trinajstić information content (AvgIpc) is 4.05. The molecule has 3 aromatic heterocycles. The van der Waals surface area contributed by atoms with Gasteiger partial charge in [0, 0.05) is 43.8 Å². The largest absolute Gasteiger partial charge is 0.455 e. The molecule has 1 unspecified atom stereocenters. The van der Waals surface area contributed by atoms with E-state index in [0.717, 1.165) is 60.9 Å². The molecule has 0 saturated carbocycles. The molecule has 0 saturated heterocycles. The fourth-order valence-corrected chi connectivity index (χ4v) is 11.6. The molecule has 1 aliphatic carbocycles. The van der Waals surface area contributed by atoms with Crippen LogP contribution in [-0.4, -0.2) is 19.5 Å². The van der Waals surface area contributed by atoms with Gasteiger partial charge in [-0.3, -0.25) is 0 Å². The van der Waals surface area contributed by atoms with Gasteiger partial charge in [-0.15, -0.1) is 0 Å². The van der Waals surface area contributed by atoms with Crippen LogP contribution in [0.5, 0.6) is 0 Å². The summed E-state index contributed by atoms with van der Waals surface area (Å²) in [5.74, 6) is 1.85. The minimum absolute atomic E-state index is 0.514. The first kappa shape index (κ1) is 39.3. The highest BCUT2D eigenvalue weighted by atomic mass is 16.3. The lowest BCUT2D eigenvalue weighted by Gasteiger charge is -2.40. The fourth-order valence-electron chi connectivity index (χ4n) is 11.6. The van der Waals surface area contributed by atoms with Gasteiger partial charge in [0.2, 0.25) is 0 Å². The van der Waals surface area contributed by atoms with Crippen LogP contribution in [0.2, 0.25) is 0 Å². The van der Waals surface area contributed by atoms with E-state index in [1.807, 2.05) is 30.3 Å². The molecule has 2 aliphatic rings. The Kier molecular flexibility index (Phi) is 8.56. The Hall–Kier alpha value is -8.93. The lowest BCUT2D eigenvalue weighted by atomic mass is 9.64. The first-order valence-corrected chi connectivity index (χ1v) is 23.6. The number of para-hydroxylation sites is 5. The zero-order valence-electron chi connectivity index (χ0n) is 38.0. The molecular formula is C64H42N4O. The zero-order chi connectivity index (χ0) is 45.8. The Balaban J connectivity index is 0.906. The van der Waals surface area contributed by atoms with E-state index in [4.69, 9.17) is 19.4 Å². The van der Waals surface area contributed by atoms with Crippen molar-refractivity contribution in [2.24, 2.45) is 0 Å². The molecule has 0 radical (unpaired) electrons. The van der Waals surface area contributed by atoms with E-state index in [9.17, 15) is 0 Å². The van der Waals surface area contributed by atoms with Crippen molar-refractivity contribution < 1.29 is 4.42 Å².